The number of anilines is 1. The van der Waals surface area contributed by atoms with Crippen molar-refractivity contribution in [2.24, 2.45) is 11.8 Å². The molecule has 0 radical (unpaired) electrons. The van der Waals surface area contributed by atoms with Gasteiger partial charge in [-0.25, -0.2) is 4.39 Å². The third kappa shape index (κ3) is 2.58. The summed E-state index contributed by atoms with van der Waals surface area (Å²) in [6, 6.07) is 4.01. The van der Waals surface area contributed by atoms with Crippen LogP contribution < -0.4 is 5.32 Å². The Morgan fingerprint density at radius 3 is 2.92 bits per heavy atom. The first kappa shape index (κ1) is 15.9. The Morgan fingerprint density at radius 2 is 2.17 bits per heavy atom. The number of benzene rings is 1. The van der Waals surface area contributed by atoms with Gasteiger partial charge in [-0.05, 0) is 37.8 Å². The molecule has 1 unspecified atom stereocenters. The number of rotatable bonds is 2. The van der Waals surface area contributed by atoms with Gasteiger partial charge < -0.3 is 15.2 Å². The summed E-state index contributed by atoms with van der Waals surface area (Å²) in [5.74, 6) is 0.429. The third-order valence-electron chi connectivity index (χ3n) is 5.67. The van der Waals surface area contributed by atoms with Crippen LogP contribution in [0.5, 0.6) is 0 Å². The van der Waals surface area contributed by atoms with Crippen LogP contribution in [0.25, 0.3) is 0 Å². The van der Waals surface area contributed by atoms with Gasteiger partial charge in [0.05, 0.1) is 18.8 Å². The van der Waals surface area contributed by atoms with Crippen molar-refractivity contribution in [2.45, 2.75) is 44.4 Å². The summed E-state index contributed by atoms with van der Waals surface area (Å²) in [5.41, 5.74) is 2.12. The predicted molar refractivity (Wildman–Crippen MR) is 92.4 cm³/mol. The van der Waals surface area contributed by atoms with E-state index in [1.165, 1.54) is 0 Å². The number of allylic oxidation sites excluding steroid dienone is 3. The molecule has 4 heteroatoms. The number of ether oxygens (including phenoxy) is 1. The SMILES string of the molecule is Cc1ccc2c(c1F)[C@H]1O[C@@H](CO)CC[C@H]1[C@H](C1C=CC=CC1)N2. The van der Waals surface area contributed by atoms with Gasteiger partial charge in [0.25, 0.3) is 0 Å². The minimum absolute atomic E-state index is 0.00382. The van der Waals surface area contributed by atoms with Crippen LogP contribution in [-0.4, -0.2) is 23.9 Å². The molecule has 3 aliphatic rings. The Balaban J connectivity index is 1.74. The molecule has 4 rings (SSSR count). The molecule has 3 nitrogen and oxygen atoms in total. The van der Waals surface area contributed by atoms with Gasteiger partial charge in [0, 0.05) is 29.1 Å². The lowest BCUT2D eigenvalue weighted by Gasteiger charge is -2.47. The second-order valence-electron chi connectivity index (χ2n) is 7.14. The van der Waals surface area contributed by atoms with E-state index in [0.29, 0.717) is 17.0 Å². The number of fused-ring (bicyclic) bond motifs is 3. The summed E-state index contributed by atoms with van der Waals surface area (Å²) in [6.07, 6.45) is 10.9. The molecular weight excluding hydrogens is 305 g/mol. The Hall–Kier alpha value is -1.65. The van der Waals surface area contributed by atoms with Crippen LogP contribution in [0.2, 0.25) is 0 Å². The van der Waals surface area contributed by atoms with E-state index in [1.54, 1.807) is 6.92 Å². The summed E-state index contributed by atoms with van der Waals surface area (Å²) in [6.45, 7) is 1.79. The predicted octanol–water partition coefficient (Wildman–Crippen LogP) is 3.89. The van der Waals surface area contributed by atoms with Crippen molar-refractivity contribution in [1.29, 1.82) is 0 Å². The summed E-state index contributed by atoms with van der Waals surface area (Å²) >= 11 is 0. The van der Waals surface area contributed by atoms with Crippen molar-refractivity contribution < 1.29 is 14.2 Å². The molecule has 1 fully saturated rings. The van der Waals surface area contributed by atoms with Crippen LogP contribution in [0.4, 0.5) is 10.1 Å². The minimum atomic E-state index is -0.281. The normalized spacial score (nSPS) is 34.4. The molecule has 24 heavy (non-hydrogen) atoms. The van der Waals surface area contributed by atoms with Gasteiger partial charge in [-0.15, -0.1) is 0 Å². The zero-order valence-corrected chi connectivity index (χ0v) is 13.9. The van der Waals surface area contributed by atoms with E-state index in [2.05, 4.69) is 29.6 Å². The molecule has 2 N–H and O–H groups in total. The van der Waals surface area contributed by atoms with Gasteiger partial charge in [0.15, 0.2) is 0 Å². The highest BCUT2D eigenvalue weighted by atomic mass is 19.1. The average Bonchev–Trinajstić information content (AvgIpc) is 2.64. The largest absolute Gasteiger partial charge is 0.394 e. The van der Waals surface area contributed by atoms with E-state index in [0.717, 1.165) is 24.9 Å². The maximum Gasteiger partial charge on any atom is 0.134 e. The molecule has 0 amide bonds. The second-order valence-corrected chi connectivity index (χ2v) is 7.14. The Labute approximate surface area is 142 Å². The number of hydrogen-bond acceptors (Lipinski definition) is 3. The fourth-order valence-corrected chi connectivity index (χ4v) is 4.37. The molecule has 0 aromatic heterocycles. The molecule has 0 spiro atoms. The van der Waals surface area contributed by atoms with Crippen LogP contribution in [0.3, 0.4) is 0 Å². The molecule has 2 aliphatic heterocycles. The maximum absolute atomic E-state index is 14.8. The van der Waals surface area contributed by atoms with E-state index >= 15 is 0 Å². The molecule has 1 aromatic rings. The summed E-state index contributed by atoms with van der Waals surface area (Å²) in [4.78, 5) is 0. The van der Waals surface area contributed by atoms with Gasteiger partial charge in [0.2, 0.25) is 0 Å². The summed E-state index contributed by atoms with van der Waals surface area (Å²) in [7, 11) is 0. The Kier molecular flexibility index (Phi) is 4.19. The smallest absolute Gasteiger partial charge is 0.134 e. The first-order valence-corrected chi connectivity index (χ1v) is 8.84. The summed E-state index contributed by atoms with van der Waals surface area (Å²) < 4.78 is 21.0. The molecule has 2 heterocycles. The van der Waals surface area contributed by atoms with Crippen molar-refractivity contribution in [3.63, 3.8) is 0 Å². The molecule has 5 atom stereocenters. The first-order chi connectivity index (χ1) is 11.7. The zero-order valence-electron chi connectivity index (χ0n) is 13.9. The monoisotopic (exact) mass is 329 g/mol. The Bertz CT molecular complexity index is 684. The van der Waals surface area contributed by atoms with E-state index in [4.69, 9.17) is 4.74 Å². The second kappa shape index (κ2) is 6.34. The van der Waals surface area contributed by atoms with Crippen LogP contribution in [0.15, 0.2) is 36.4 Å². The van der Waals surface area contributed by atoms with Crippen molar-refractivity contribution in [3.8, 4) is 0 Å². The molecule has 1 aromatic carbocycles. The van der Waals surface area contributed by atoms with E-state index in [1.807, 2.05) is 12.1 Å². The lowest BCUT2D eigenvalue weighted by molar-refractivity contribution is -0.113. The highest BCUT2D eigenvalue weighted by molar-refractivity contribution is 5.58. The van der Waals surface area contributed by atoms with E-state index in [9.17, 15) is 9.50 Å². The molecule has 0 bridgehead atoms. The van der Waals surface area contributed by atoms with Crippen molar-refractivity contribution in [1.82, 2.24) is 0 Å². The van der Waals surface area contributed by atoms with Gasteiger partial charge in [-0.2, -0.15) is 0 Å². The zero-order chi connectivity index (χ0) is 16.7. The molecule has 128 valence electrons. The quantitative estimate of drug-likeness (QED) is 0.865. The fraction of sp³-hybridized carbons (Fsp3) is 0.500. The van der Waals surface area contributed by atoms with Gasteiger partial charge in [-0.1, -0.05) is 30.4 Å². The topological polar surface area (TPSA) is 41.5 Å². The number of aliphatic hydroxyl groups excluding tert-OH is 1. The van der Waals surface area contributed by atoms with Crippen LogP contribution in [-0.2, 0) is 4.74 Å². The summed E-state index contributed by atoms with van der Waals surface area (Å²) in [5, 5.41) is 13.1. The molecule has 1 aliphatic carbocycles. The molecule has 1 saturated heterocycles. The Morgan fingerprint density at radius 1 is 1.29 bits per heavy atom. The average molecular weight is 329 g/mol. The number of aliphatic hydroxyl groups is 1. The van der Waals surface area contributed by atoms with Gasteiger partial charge in [-0.3, -0.25) is 0 Å². The third-order valence-corrected chi connectivity index (χ3v) is 5.67. The lowest BCUT2D eigenvalue weighted by atomic mass is 9.73. The number of hydrogen-bond donors (Lipinski definition) is 2. The highest BCUT2D eigenvalue weighted by Crippen LogP contribution is 2.49. The molecule has 0 saturated carbocycles. The maximum atomic E-state index is 14.8. The molecular formula is C20H24FNO2. The number of aryl methyl sites for hydroxylation is 1. The lowest BCUT2D eigenvalue weighted by Crippen LogP contribution is -2.47. The number of halogens is 1. The fourth-order valence-electron chi connectivity index (χ4n) is 4.37. The standard InChI is InChI=1S/C20H24FNO2/c1-12-7-10-16-17(18(12)21)20-15(9-8-14(11-23)24-20)19(22-16)13-5-3-2-4-6-13/h2-5,7,10,13-15,19-20,22-23H,6,8-9,11H2,1H3/t13?,14-,15+,19+,20+/m1/s1. The highest BCUT2D eigenvalue weighted by Gasteiger charge is 2.45. The van der Waals surface area contributed by atoms with E-state index < -0.39 is 0 Å². The van der Waals surface area contributed by atoms with Gasteiger partial charge >= 0.3 is 0 Å². The van der Waals surface area contributed by atoms with Crippen molar-refractivity contribution in [3.05, 3.63) is 53.4 Å². The van der Waals surface area contributed by atoms with Crippen LogP contribution >= 0.6 is 0 Å². The van der Waals surface area contributed by atoms with Crippen LogP contribution in [0.1, 0.15) is 36.5 Å². The van der Waals surface area contributed by atoms with Gasteiger partial charge in [0.1, 0.15) is 5.82 Å². The first-order valence-electron chi connectivity index (χ1n) is 8.84. The van der Waals surface area contributed by atoms with Crippen molar-refractivity contribution in [2.75, 3.05) is 11.9 Å². The number of nitrogens with one attached hydrogen (secondary N) is 1. The minimum Gasteiger partial charge on any atom is -0.394 e. The van der Waals surface area contributed by atoms with E-state index in [-0.39, 0.29) is 36.6 Å². The van der Waals surface area contributed by atoms with Crippen LogP contribution in [0, 0.1) is 24.6 Å². The van der Waals surface area contributed by atoms with Crippen molar-refractivity contribution >= 4 is 5.69 Å².